The van der Waals surface area contributed by atoms with Crippen molar-refractivity contribution in [1.82, 2.24) is 14.9 Å². The highest BCUT2D eigenvalue weighted by Crippen LogP contribution is 2.27. The molecule has 9 heteroatoms. The number of rotatable bonds is 6. The second-order valence-corrected chi connectivity index (χ2v) is 9.74. The van der Waals surface area contributed by atoms with Crippen LogP contribution in [0.5, 0.6) is 0 Å². The molecule has 2 amide bonds. The Morgan fingerprint density at radius 3 is 2.32 bits per heavy atom. The summed E-state index contributed by atoms with van der Waals surface area (Å²) in [6, 6.07) is 11.2. The predicted molar refractivity (Wildman–Crippen MR) is 120 cm³/mol. The number of amides is 2. The lowest BCUT2D eigenvalue weighted by Crippen LogP contribution is -2.32. The molecule has 1 aliphatic rings. The summed E-state index contributed by atoms with van der Waals surface area (Å²) in [6.07, 6.45) is 3.63. The molecule has 2 aromatic carbocycles. The Morgan fingerprint density at radius 1 is 0.968 bits per heavy atom. The van der Waals surface area contributed by atoms with Gasteiger partial charge in [0, 0.05) is 37.8 Å². The normalized spacial score (nSPS) is 15.2. The first kappa shape index (κ1) is 23.2. The first-order chi connectivity index (χ1) is 14.8. The lowest BCUT2D eigenvalue weighted by molar-refractivity contribution is 0.0948. The first-order valence-electron chi connectivity index (χ1n) is 10.2. The zero-order chi connectivity index (χ0) is 22.4. The van der Waals surface area contributed by atoms with E-state index in [1.165, 1.54) is 22.5 Å². The third-order valence-electron chi connectivity index (χ3n) is 5.25. The predicted octanol–water partition coefficient (Wildman–Crippen LogP) is 3.19. The maximum atomic E-state index is 13.1. The molecule has 0 unspecified atom stereocenters. The van der Waals surface area contributed by atoms with E-state index in [0.29, 0.717) is 18.7 Å². The van der Waals surface area contributed by atoms with Gasteiger partial charge in [-0.05, 0) is 48.7 Å². The van der Waals surface area contributed by atoms with E-state index in [9.17, 15) is 18.0 Å². The van der Waals surface area contributed by atoms with Gasteiger partial charge in [-0.15, -0.1) is 0 Å². The molecule has 0 atom stereocenters. The zero-order valence-electron chi connectivity index (χ0n) is 17.4. The molecule has 1 fully saturated rings. The first-order valence-corrected chi connectivity index (χ1v) is 12.0. The summed E-state index contributed by atoms with van der Waals surface area (Å²) in [5.41, 5.74) is 1.45. The van der Waals surface area contributed by atoms with Crippen molar-refractivity contribution in [1.29, 1.82) is 0 Å². The van der Waals surface area contributed by atoms with Gasteiger partial charge in [0.1, 0.15) is 4.90 Å². The van der Waals surface area contributed by atoms with Gasteiger partial charge in [0.25, 0.3) is 11.8 Å². The van der Waals surface area contributed by atoms with Crippen LogP contribution in [0.25, 0.3) is 0 Å². The lowest BCUT2D eigenvalue weighted by atomic mass is 10.1. The number of hydrogen-bond acceptors (Lipinski definition) is 4. The van der Waals surface area contributed by atoms with Gasteiger partial charge in [-0.2, -0.15) is 4.31 Å². The van der Waals surface area contributed by atoms with E-state index in [1.54, 1.807) is 31.3 Å². The van der Waals surface area contributed by atoms with E-state index in [2.05, 4.69) is 10.6 Å². The van der Waals surface area contributed by atoms with Crippen molar-refractivity contribution in [3.05, 3.63) is 64.2 Å². The van der Waals surface area contributed by atoms with Crippen molar-refractivity contribution in [3.8, 4) is 0 Å². The Labute approximate surface area is 187 Å². The third kappa shape index (κ3) is 5.64. The van der Waals surface area contributed by atoms with E-state index in [-0.39, 0.29) is 27.9 Å². The number of halogens is 1. The molecule has 31 heavy (non-hydrogen) atoms. The van der Waals surface area contributed by atoms with Crippen LogP contribution in [-0.2, 0) is 16.6 Å². The van der Waals surface area contributed by atoms with Gasteiger partial charge in [0.2, 0.25) is 10.0 Å². The summed E-state index contributed by atoms with van der Waals surface area (Å²) >= 11 is 6.20. The standard InChI is InChI=1S/C22H26ClN3O4S/c1-24-21(27)17-8-6-7-16(13-17)15-25-22(28)18-9-10-19(23)20(14-18)31(29,30)26-11-4-2-3-5-12-26/h6-10,13-14H,2-5,11-12,15H2,1H3,(H,24,27)(H,25,28). The minimum absolute atomic E-state index is 0.0506. The highest BCUT2D eigenvalue weighted by Gasteiger charge is 2.28. The molecule has 1 aliphatic heterocycles. The quantitative estimate of drug-likeness (QED) is 0.687. The lowest BCUT2D eigenvalue weighted by Gasteiger charge is -2.21. The Hall–Kier alpha value is -2.42. The van der Waals surface area contributed by atoms with Crippen LogP contribution in [0.3, 0.4) is 0 Å². The Morgan fingerprint density at radius 2 is 1.65 bits per heavy atom. The van der Waals surface area contributed by atoms with Crippen molar-refractivity contribution in [2.75, 3.05) is 20.1 Å². The molecule has 3 rings (SSSR count). The molecule has 1 heterocycles. The van der Waals surface area contributed by atoms with Gasteiger partial charge in [-0.25, -0.2) is 8.42 Å². The Bertz CT molecular complexity index is 1060. The van der Waals surface area contributed by atoms with E-state index in [1.807, 2.05) is 0 Å². The summed E-state index contributed by atoms with van der Waals surface area (Å²) in [7, 11) is -2.23. The second-order valence-electron chi connectivity index (χ2n) is 7.43. The zero-order valence-corrected chi connectivity index (χ0v) is 18.9. The minimum atomic E-state index is -3.78. The van der Waals surface area contributed by atoms with E-state index >= 15 is 0 Å². The molecule has 1 saturated heterocycles. The smallest absolute Gasteiger partial charge is 0.251 e. The Kier molecular flexibility index (Phi) is 7.69. The molecular weight excluding hydrogens is 438 g/mol. The van der Waals surface area contributed by atoms with E-state index in [4.69, 9.17) is 11.6 Å². The molecule has 0 aromatic heterocycles. The number of carbonyl (C=O) groups excluding carboxylic acids is 2. The minimum Gasteiger partial charge on any atom is -0.355 e. The number of nitrogens with one attached hydrogen (secondary N) is 2. The second kappa shape index (κ2) is 10.3. The van der Waals surface area contributed by atoms with Gasteiger partial charge >= 0.3 is 0 Å². The van der Waals surface area contributed by atoms with Crippen molar-refractivity contribution < 1.29 is 18.0 Å². The van der Waals surface area contributed by atoms with Crippen molar-refractivity contribution in [3.63, 3.8) is 0 Å². The summed E-state index contributed by atoms with van der Waals surface area (Å²) < 4.78 is 27.7. The van der Waals surface area contributed by atoms with Crippen LogP contribution in [0.15, 0.2) is 47.4 Å². The molecular formula is C22H26ClN3O4S. The fourth-order valence-corrected chi connectivity index (χ4v) is 5.53. The van der Waals surface area contributed by atoms with Crippen molar-refractivity contribution in [2.45, 2.75) is 37.1 Å². The number of carbonyl (C=O) groups is 2. The highest BCUT2D eigenvalue weighted by atomic mass is 35.5. The van der Waals surface area contributed by atoms with Crippen molar-refractivity contribution >= 4 is 33.4 Å². The average Bonchev–Trinajstić information content (AvgIpc) is 3.07. The number of benzene rings is 2. The number of sulfonamides is 1. The van der Waals surface area contributed by atoms with Crippen LogP contribution in [0, 0.1) is 0 Å². The van der Waals surface area contributed by atoms with Crippen LogP contribution in [0.1, 0.15) is 52.0 Å². The summed E-state index contributed by atoms with van der Waals surface area (Å²) in [5.74, 6) is -0.636. The SMILES string of the molecule is CNC(=O)c1cccc(CNC(=O)c2ccc(Cl)c(S(=O)(=O)N3CCCCCC3)c2)c1. The van der Waals surface area contributed by atoms with Crippen LogP contribution in [0.4, 0.5) is 0 Å². The van der Waals surface area contributed by atoms with Crippen LogP contribution in [0.2, 0.25) is 5.02 Å². The third-order valence-corrected chi connectivity index (χ3v) is 7.63. The van der Waals surface area contributed by atoms with Crippen LogP contribution >= 0.6 is 11.6 Å². The summed E-state index contributed by atoms with van der Waals surface area (Å²) in [6.45, 7) is 1.11. The van der Waals surface area contributed by atoms with Crippen molar-refractivity contribution in [2.24, 2.45) is 0 Å². The number of nitrogens with zero attached hydrogens (tertiary/aromatic N) is 1. The molecule has 0 saturated carbocycles. The molecule has 2 aromatic rings. The van der Waals surface area contributed by atoms with Gasteiger partial charge in [0.05, 0.1) is 5.02 Å². The summed E-state index contributed by atoms with van der Waals surface area (Å²) in [5, 5.41) is 5.42. The fourth-order valence-electron chi connectivity index (χ4n) is 3.51. The van der Waals surface area contributed by atoms with E-state index < -0.39 is 15.9 Å². The van der Waals surface area contributed by atoms with Crippen LogP contribution in [-0.4, -0.2) is 44.7 Å². The monoisotopic (exact) mass is 463 g/mol. The largest absolute Gasteiger partial charge is 0.355 e. The van der Waals surface area contributed by atoms with Gasteiger partial charge in [-0.1, -0.05) is 36.6 Å². The molecule has 166 valence electrons. The highest BCUT2D eigenvalue weighted by molar-refractivity contribution is 7.89. The maximum absolute atomic E-state index is 13.1. The topological polar surface area (TPSA) is 95.6 Å². The van der Waals surface area contributed by atoms with Crippen LogP contribution < -0.4 is 10.6 Å². The van der Waals surface area contributed by atoms with Gasteiger partial charge < -0.3 is 10.6 Å². The number of hydrogen-bond donors (Lipinski definition) is 2. The molecule has 2 N–H and O–H groups in total. The maximum Gasteiger partial charge on any atom is 0.251 e. The van der Waals surface area contributed by atoms with E-state index in [0.717, 1.165) is 31.2 Å². The summed E-state index contributed by atoms with van der Waals surface area (Å²) in [4.78, 5) is 24.4. The van der Waals surface area contributed by atoms with Gasteiger partial charge in [0.15, 0.2) is 0 Å². The molecule has 0 bridgehead atoms. The molecule has 0 spiro atoms. The Balaban J connectivity index is 1.76. The average molecular weight is 464 g/mol. The molecule has 0 aliphatic carbocycles. The molecule has 7 nitrogen and oxygen atoms in total. The fraction of sp³-hybridized carbons (Fsp3) is 0.364. The van der Waals surface area contributed by atoms with Gasteiger partial charge in [-0.3, -0.25) is 9.59 Å². The molecule has 0 radical (unpaired) electrons.